The molecule has 0 aliphatic carbocycles. The number of cyclic esters (lactones) is 1. The number of ether oxygens (including phenoxy) is 2. The van der Waals surface area contributed by atoms with Gasteiger partial charge in [-0.2, -0.15) is 0 Å². The van der Waals surface area contributed by atoms with Gasteiger partial charge in [0.2, 0.25) is 5.91 Å². The Balaban J connectivity index is 1.68. The van der Waals surface area contributed by atoms with E-state index in [-0.39, 0.29) is 30.6 Å². The zero-order valence-corrected chi connectivity index (χ0v) is 13.7. The minimum atomic E-state index is -0.621. The van der Waals surface area contributed by atoms with E-state index in [9.17, 15) is 18.8 Å². The van der Waals surface area contributed by atoms with Crippen molar-refractivity contribution in [2.24, 2.45) is 0 Å². The summed E-state index contributed by atoms with van der Waals surface area (Å²) in [6.07, 6.45) is -1.22. The Morgan fingerprint density at radius 3 is 2.92 bits per heavy atom. The monoisotopic (exact) mass is 349 g/mol. The highest BCUT2D eigenvalue weighted by molar-refractivity contribution is 6.04. The molecule has 1 fully saturated rings. The number of fused-ring (bicyclic) bond motifs is 5. The second-order valence-corrected chi connectivity index (χ2v) is 6.25. The van der Waals surface area contributed by atoms with E-state index >= 15 is 0 Å². The average Bonchev–Trinajstić information content (AvgIpc) is 3.19. The predicted octanol–water partition coefficient (Wildman–Crippen LogP) is 0.950. The molecule has 3 aliphatic heterocycles. The highest BCUT2D eigenvalue weighted by Gasteiger charge is 2.49. The lowest BCUT2D eigenvalue weighted by atomic mass is 9.98. The standard InChI is InChI=1S/C16H16FN3O5/c1-19-13(21)4-8-7-3-11-12(6-18-15(22)24-2)25-16(23)20(11)10(7)5-9(17)14(8)19/h5,11-12H,3-4,6H2,1-2H3,(H,18,22)/t11-,12-/m0/s1. The first-order chi connectivity index (χ1) is 11.9. The Morgan fingerprint density at radius 2 is 2.20 bits per heavy atom. The van der Waals surface area contributed by atoms with Crippen molar-refractivity contribution >= 4 is 29.5 Å². The smallest absolute Gasteiger partial charge is 0.415 e. The van der Waals surface area contributed by atoms with Gasteiger partial charge in [0.25, 0.3) is 0 Å². The topological polar surface area (TPSA) is 88.2 Å². The van der Waals surface area contributed by atoms with Gasteiger partial charge in [-0.1, -0.05) is 0 Å². The Morgan fingerprint density at radius 1 is 1.44 bits per heavy atom. The second kappa shape index (κ2) is 5.33. The third-order valence-corrected chi connectivity index (χ3v) is 5.00. The van der Waals surface area contributed by atoms with Crippen molar-refractivity contribution in [3.8, 4) is 0 Å². The molecule has 0 saturated carbocycles. The van der Waals surface area contributed by atoms with Crippen molar-refractivity contribution < 1.29 is 28.2 Å². The number of methoxy groups -OCH3 is 1. The van der Waals surface area contributed by atoms with Gasteiger partial charge in [-0.25, -0.2) is 14.0 Å². The molecule has 0 bridgehead atoms. The van der Waals surface area contributed by atoms with Crippen LogP contribution in [-0.2, 0) is 27.1 Å². The van der Waals surface area contributed by atoms with Crippen LogP contribution in [0.2, 0.25) is 0 Å². The first-order valence-corrected chi connectivity index (χ1v) is 7.84. The van der Waals surface area contributed by atoms with Crippen LogP contribution in [-0.4, -0.2) is 50.9 Å². The van der Waals surface area contributed by atoms with Crippen LogP contribution in [0.5, 0.6) is 0 Å². The molecule has 3 aliphatic rings. The van der Waals surface area contributed by atoms with Crippen LogP contribution in [0.15, 0.2) is 6.07 Å². The van der Waals surface area contributed by atoms with E-state index in [0.717, 1.165) is 5.56 Å². The van der Waals surface area contributed by atoms with Crippen molar-refractivity contribution in [2.45, 2.75) is 25.0 Å². The van der Waals surface area contributed by atoms with Gasteiger partial charge in [-0.3, -0.25) is 9.69 Å². The Hall–Kier alpha value is -2.84. The van der Waals surface area contributed by atoms with Crippen LogP contribution in [0, 0.1) is 5.82 Å². The van der Waals surface area contributed by atoms with Gasteiger partial charge in [0.15, 0.2) is 0 Å². The van der Waals surface area contributed by atoms with Crippen LogP contribution in [0.3, 0.4) is 0 Å². The molecule has 3 heterocycles. The fraction of sp³-hybridized carbons (Fsp3) is 0.438. The fourth-order valence-electron chi connectivity index (χ4n) is 3.82. The number of likely N-dealkylation sites (N-methyl/N-ethyl adjacent to an activating group) is 1. The van der Waals surface area contributed by atoms with Crippen molar-refractivity contribution in [2.75, 3.05) is 30.5 Å². The summed E-state index contributed by atoms with van der Waals surface area (Å²) < 4.78 is 24.3. The Kier molecular flexibility index (Phi) is 3.34. The maximum Gasteiger partial charge on any atom is 0.415 e. The van der Waals surface area contributed by atoms with Gasteiger partial charge in [-0.15, -0.1) is 0 Å². The summed E-state index contributed by atoms with van der Waals surface area (Å²) in [5, 5.41) is 2.51. The van der Waals surface area contributed by atoms with Gasteiger partial charge in [0.1, 0.15) is 11.9 Å². The number of amides is 3. The molecule has 1 N–H and O–H groups in total. The number of alkyl carbamates (subject to hydrolysis) is 1. The molecule has 4 rings (SSSR count). The molecular weight excluding hydrogens is 333 g/mol. The lowest BCUT2D eigenvalue weighted by Crippen LogP contribution is -2.40. The third-order valence-electron chi connectivity index (χ3n) is 5.00. The summed E-state index contributed by atoms with van der Waals surface area (Å²) in [6.45, 7) is 0.0943. The van der Waals surface area contributed by atoms with Crippen molar-refractivity contribution in [3.63, 3.8) is 0 Å². The summed E-state index contributed by atoms with van der Waals surface area (Å²) in [4.78, 5) is 38.2. The third kappa shape index (κ3) is 2.15. The summed E-state index contributed by atoms with van der Waals surface area (Å²) in [7, 11) is 2.78. The normalized spacial score (nSPS) is 23.3. The molecule has 9 heteroatoms. The largest absolute Gasteiger partial charge is 0.453 e. The molecule has 8 nitrogen and oxygen atoms in total. The van der Waals surface area contributed by atoms with Crippen molar-refractivity contribution in [1.29, 1.82) is 0 Å². The van der Waals surface area contributed by atoms with Gasteiger partial charge < -0.3 is 19.7 Å². The van der Waals surface area contributed by atoms with Crippen LogP contribution in [0.4, 0.5) is 25.4 Å². The van der Waals surface area contributed by atoms with Crippen LogP contribution in [0.1, 0.15) is 11.1 Å². The molecule has 2 atom stereocenters. The van der Waals surface area contributed by atoms with E-state index in [2.05, 4.69) is 10.1 Å². The van der Waals surface area contributed by atoms with E-state index in [1.807, 2.05) is 0 Å². The van der Waals surface area contributed by atoms with Gasteiger partial charge in [-0.05, 0) is 17.5 Å². The Labute approximate surface area is 142 Å². The van der Waals surface area contributed by atoms with E-state index in [0.29, 0.717) is 17.7 Å². The molecule has 0 unspecified atom stereocenters. The lowest BCUT2D eigenvalue weighted by Gasteiger charge is -2.17. The molecule has 25 heavy (non-hydrogen) atoms. The zero-order valence-electron chi connectivity index (χ0n) is 13.7. The molecule has 1 aromatic rings. The summed E-state index contributed by atoms with van der Waals surface area (Å²) in [5.74, 6) is -0.715. The quantitative estimate of drug-likeness (QED) is 0.859. The maximum atomic E-state index is 14.5. The number of halogens is 1. The summed E-state index contributed by atoms with van der Waals surface area (Å²) in [6, 6.07) is 0.923. The number of hydrogen-bond donors (Lipinski definition) is 1. The number of hydrogen-bond acceptors (Lipinski definition) is 5. The first-order valence-electron chi connectivity index (χ1n) is 7.84. The van der Waals surface area contributed by atoms with Crippen LogP contribution in [0.25, 0.3) is 0 Å². The predicted molar refractivity (Wildman–Crippen MR) is 84.2 cm³/mol. The molecule has 132 valence electrons. The highest BCUT2D eigenvalue weighted by atomic mass is 19.1. The highest BCUT2D eigenvalue weighted by Crippen LogP contribution is 2.46. The molecular formula is C16H16FN3O5. The molecule has 0 radical (unpaired) electrons. The van der Waals surface area contributed by atoms with E-state index in [4.69, 9.17) is 4.74 Å². The van der Waals surface area contributed by atoms with Crippen molar-refractivity contribution in [1.82, 2.24) is 5.32 Å². The van der Waals surface area contributed by atoms with Crippen LogP contribution < -0.4 is 15.1 Å². The summed E-state index contributed by atoms with van der Waals surface area (Å²) in [5.41, 5.74) is 2.14. The first kappa shape index (κ1) is 15.7. The van der Waals surface area contributed by atoms with Gasteiger partial charge >= 0.3 is 12.2 Å². The second-order valence-electron chi connectivity index (χ2n) is 6.25. The van der Waals surface area contributed by atoms with Crippen LogP contribution >= 0.6 is 0 Å². The number of rotatable bonds is 2. The number of carbonyl (C=O) groups is 3. The number of nitrogens with zero attached hydrogens (tertiary/aromatic N) is 2. The molecule has 1 saturated heterocycles. The zero-order chi connectivity index (χ0) is 17.9. The number of anilines is 2. The minimum Gasteiger partial charge on any atom is -0.453 e. The van der Waals surface area contributed by atoms with E-state index in [1.54, 1.807) is 0 Å². The average molecular weight is 349 g/mol. The fourth-order valence-corrected chi connectivity index (χ4v) is 3.82. The minimum absolute atomic E-state index is 0.0943. The SMILES string of the molecule is COC(=O)NC[C@@H]1OC(=O)N2c3cc(F)c4c(c3C[C@@H]12)CC(=O)N4C. The van der Waals surface area contributed by atoms with E-state index < -0.39 is 24.1 Å². The number of carbonyl (C=O) groups excluding carboxylic acids is 3. The summed E-state index contributed by atoms with van der Waals surface area (Å²) >= 11 is 0. The molecule has 3 amide bonds. The molecule has 0 spiro atoms. The molecule has 0 aromatic heterocycles. The molecule has 1 aromatic carbocycles. The number of nitrogens with one attached hydrogen (secondary N) is 1. The lowest BCUT2D eigenvalue weighted by molar-refractivity contribution is -0.117. The Bertz CT molecular complexity index is 811. The van der Waals surface area contributed by atoms with E-state index in [1.165, 1.54) is 30.0 Å². The van der Waals surface area contributed by atoms with Crippen molar-refractivity contribution in [3.05, 3.63) is 23.0 Å². The maximum absolute atomic E-state index is 14.5. The van der Waals surface area contributed by atoms with Gasteiger partial charge in [0, 0.05) is 13.1 Å². The number of benzene rings is 1. The van der Waals surface area contributed by atoms with Gasteiger partial charge in [0.05, 0.1) is 37.5 Å².